The zero-order valence-electron chi connectivity index (χ0n) is 17.7. The van der Waals surface area contributed by atoms with Crippen molar-refractivity contribution >= 4 is 5.91 Å². The molecule has 1 heterocycles. The number of alkyl halides is 3. The maximum absolute atomic E-state index is 13.8. The molecule has 8 heteroatoms. The summed E-state index contributed by atoms with van der Waals surface area (Å²) in [4.78, 5) is 18.6. The highest BCUT2D eigenvalue weighted by Crippen LogP contribution is 2.66. The first-order chi connectivity index (χ1) is 14.6. The van der Waals surface area contributed by atoms with E-state index in [9.17, 15) is 23.1 Å². The Labute approximate surface area is 180 Å². The highest BCUT2D eigenvalue weighted by molar-refractivity contribution is 5.77. The maximum Gasteiger partial charge on any atom is 0.395 e. The molecule has 1 aliphatic carbocycles. The standard InChI is InChI=1S/C23H28F3N3O2/c1-29(2)18(12-16-5-7-19(30)8-6-16)15-28-21(31)13-20(17-4-3-11-27-14-17)22(9-10-22)23(24,25)26/h3-8,11,14,18,20,30H,9-10,12-13,15H2,1-2H3,(H,28,31)/t18-,20?/m0/s1. The largest absolute Gasteiger partial charge is 0.508 e. The summed E-state index contributed by atoms with van der Waals surface area (Å²) in [5, 5.41) is 12.3. The van der Waals surface area contributed by atoms with Crippen LogP contribution in [0.1, 0.15) is 36.3 Å². The molecule has 5 nitrogen and oxygen atoms in total. The van der Waals surface area contributed by atoms with Crippen LogP contribution in [0.4, 0.5) is 13.2 Å². The first-order valence-electron chi connectivity index (χ1n) is 10.3. The molecule has 3 rings (SSSR count). The summed E-state index contributed by atoms with van der Waals surface area (Å²) in [7, 11) is 3.77. The topological polar surface area (TPSA) is 65.5 Å². The van der Waals surface area contributed by atoms with Crippen LogP contribution in [-0.2, 0) is 11.2 Å². The lowest BCUT2D eigenvalue weighted by Gasteiger charge is -2.30. The third-order valence-corrected chi connectivity index (χ3v) is 6.17. The average molecular weight is 435 g/mol. The summed E-state index contributed by atoms with van der Waals surface area (Å²) in [6, 6.07) is 10.0. The Hall–Kier alpha value is -2.61. The smallest absolute Gasteiger partial charge is 0.395 e. The normalized spacial score (nSPS) is 17.2. The second-order valence-electron chi connectivity index (χ2n) is 8.49. The molecule has 0 radical (unpaired) electrons. The Bertz CT molecular complexity index is 866. The molecule has 0 saturated heterocycles. The maximum atomic E-state index is 13.8. The zero-order chi connectivity index (χ0) is 22.6. The van der Waals surface area contributed by atoms with E-state index in [4.69, 9.17) is 0 Å². The number of hydrogen-bond acceptors (Lipinski definition) is 4. The summed E-state index contributed by atoms with van der Waals surface area (Å²) in [6.45, 7) is 0.311. The number of carbonyl (C=O) groups is 1. The lowest BCUT2D eigenvalue weighted by molar-refractivity contribution is -0.194. The van der Waals surface area contributed by atoms with Crippen molar-refractivity contribution in [2.24, 2.45) is 5.41 Å². The van der Waals surface area contributed by atoms with Crippen molar-refractivity contribution < 1.29 is 23.1 Å². The number of nitrogens with zero attached hydrogens (tertiary/aromatic N) is 2. The number of benzene rings is 1. The number of likely N-dealkylation sites (N-methyl/N-ethyl adjacent to an activating group) is 1. The third kappa shape index (κ3) is 5.55. The average Bonchev–Trinajstić information content (AvgIpc) is 3.53. The molecule has 1 aromatic heterocycles. The number of nitrogens with one attached hydrogen (secondary N) is 1. The predicted octanol–water partition coefficient (Wildman–Crippen LogP) is 3.89. The van der Waals surface area contributed by atoms with Gasteiger partial charge < -0.3 is 15.3 Å². The van der Waals surface area contributed by atoms with Crippen molar-refractivity contribution in [3.05, 3.63) is 59.9 Å². The highest BCUT2D eigenvalue weighted by atomic mass is 19.4. The van der Waals surface area contributed by atoms with E-state index in [-0.39, 0.29) is 31.1 Å². The molecule has 1 unspecified atom stereocenters. The van der Waals surface area contributed by atoms with E-state index in [1.54, 1.807) is 24.3 Å². The molecular weight excluding hydrogens is 407 g/mol. The lowest BCUT2D eigenvalue weighted by Crippen LogP contribution is -2.42. The Morgan fingerprint density at radius 2 is 1.90 bits per heavy atom. The van der Waals surface area contributed by atoms with E-state index in [1.807, 2.05) is 31.1 Å². The van der Waals surface area contributed by atoms with Gasteiger partial charge in [-0.15, -0.1) is 0 Å². The van der Waals surface area contributed by atoms with Crippen molar-refractivity contribution in [1.82, 2.24) is 15.2 Å². The Morgan fingerprint density at radius 1 is 1.23 bits per heavy atom. The van der Waals surface area contributed by atoms with Crippen LogP contribution < -0.4 is 5.32 Å². The van der Waals surface area contributed by atoms with Gasteiger partial charge in [0.1, 0.15) is 5.75 Å². The number of phenolic OH excluding ortho intramolecular Hbond substituents is 1. The summed E-state index contributed by atoms with van der Waals surface area (Å²) >= 11 is 0. The molecule has 2 aromatic rings. The van der Waals surface area contributed by atoms with Gasteiger partial charge in [-0.2, -0.15) is 13.2 Å². The minimum absolute atomic E-state index is 0.0323. The fraction of sp³-hybridized carbons (Fsp3) is 0.478. The van der Waals surface area contributed by atoms with Crippen LogP contribution in [0, 0.1) is 5.41 Å². The number of aromatic nitrogens is 1. The van der Waals surface area contributed by atoms with Gasteiger partial charge in [0.25, 0.3) is 0 Å². The van der Waals surface area contributed by atoms with E-state index in [1.165, 1.54) is 12.4 Å². The van der Waals surface area contributed by atoms with Gasteiger partial charge in [-0.1, -0.05) is 18.2 Å². The number of halogens is 3. The van der Waals surface area contributed by atoms with Gasteiger partial charge in [0, 0.05) is 37.3 Å². The molecule has 1 fully saturated rings. The summed E-state index contributed by atoms with van der Waals surface area (Å²) in [6.07, 6.45) is -0.958. The van der Waals surface area contributed by atoms with Gasteiger partial charge in [-0.3, -0.25) is 9.78 Å². The van der Waals surface area contributed by atoms with Gasteiger partial charge in [-0.05, 0) is 62.7 Å². The molecule has 1 aromatic carbocycles. The van der Waals surface area contributed by atoms with Crippen molar-refractivity contribution in [2.45, 2.75) is 43.8 Å². The second kappa shape index (κ2) is 9.26. The lowest BCUT2D eigenvalue weighted by atomic mass is 9.80. The predicted molar refractivity (Wildman–Crippen MR) is 112 cm³/mol. The quantitative estimate of drug-likeness (QED) is 0.627. The van der Waals surface area contributed by atoms with Crippen LogP contribution in [0.15, 0.2) is 48.8 Å². The molecule has 0 aliphatic heterocycles. The number of phenols is 1. The van der Waals surface area contributed by atoms with Crippen LogP contribution in [0.3, 0.4) is 0 Å². The Morgan fingerprint density at radius 3 is 2.42 bits per heavy atom. The molecule has 1 amide bonds. The van der Waals surface area contributed by atoms with Crippen LogP contribution in [-0.4, -0.2) is 53.8 Å². The van der Waals surface area contributed by atoms with Crippen molar-refractivity contribution in [3.63, 3.8) is 0 Å². The molecule has 0 spiro atoms. The summed E-state index contributed by atoms with van der Waals surface area (Å²) < 4.78 is 41.4. The van der Waals surface area contributed by atoms with Gasteiger partial charge in [-0.25, -0.2) is 0 Å². The van der Waals surface area contributed by atoms with Crippen LogP contribution >= 0.6 is 0 Å². The molecule has 2 N–H and O–H groups in total. The van der Waals surface area contributed by atoms with E-state index in [0.717, 1.165) is 5.56 Å². The molecule has 1 saturated carbocycles. The van der Waals surface area contributed by atoms with Crippen LogP contribution in [0.5, 0.6) is 5.75 Å². The zero-order valence-corrected chi connectivity index (χ0v) is 17.7. The van der Waals surface area contributed by atoms with Gasteiger partial charge in [0.15, 0.2) is 0 Å². The number of hydrogen-bond donors (Lipinski definition) is 2. The first-order valence-corrected chi connectivity index (χ1v) is 10.3. The molecule has 168 valence electrons. The fourth-order valence-electron chi connectivity index (χ4n) is 4.01. The fourth-order valence-corrected chi connectivity index (χ4v) is 4.01. The van der Waals surface area contributed by atoms with E-state index in [2.05, 4.69) is 10.3 Å². The monoisotopic (exact) mass is 435 g/mol. The second-order valence-corrected chi connectivity index (χ2v) is 8.49. The van der Waals surface area contributed by atoms with Crippen molar-refractivity contribution in [1.29, 1.82) is 0 Å². The van der Waals surface area contributed by atoms with E-state index >= 15 is 0 Å². The molecular formula is C23H28F3N3O2. The summed E-state index contributed by atoms with van der Waals surface area (Å²) in [5.74, 6) is -1.17. The number of aromatic hydroxyl groups is 1. The SMILES string of the molecule is CN(C)[C@H](CNC(=O)CC(c1cccnc1)C1(C(F)(F)F)CC1)Cc1ccc(O)cc1. The molecule has 0 bridgehead atoms. The molecule has 1 aliphatic rings. The first kappa shape index (κ1) is 23.1. The van der Waals surface area contributed by atoms with Gasteiger partial charge >= 0.3 is 6.18 Å². The van der Waals surface area contributed by atoms with Gasteiger partial charge in [0.05, 0.1) is 5.41 Å². The summed E-state index contributed by atoms with van der Waals surface area (Å²) in [5.41, 5.74) is -0.408. The number of amides is 1. The minimum Gasteiger partial charge on any atom is -0.508 e. The van der Waals surface area contributed by atoms with E-state index < -0.39 is 23.4 Å². The highest BCUT2D eigenvalue weighted by Gasteiger charge is 2.67. The van der Waals surface area contributed by atoms with Crippen molar-refractivity contribution in [3.8, 4) is 5.75 Å². The molecule has 2 atom stereocenters. The number of pyridine rings is 1. The molecule has 31 heavy (non-hydrogen) atoms. The van der Waals surface area contributed by atoms with Crippen LogP contribution in [0.2, 0.25) is 0 Å². The number of carbonyl (C=O) groups excluding carboxylic acids is 1. The van der Waals surface area contributed by atoms with Gasteiger partial charge in [0.2, 0.25) is 5.91 Å². The Kier molecular flexibility index (Phi) is 6.89. The van der Waals surface area contributed by atoms with Crippen LogP contribution in [0.25, 0.3) is 0 Å². The number of rotatable bonds is 9. The Balaban J connectivity index is 1.67. The third-order valence-electron chi connectivity index (χ3n) is 6.17. The van der Waals surface area contributed by atoms with Crippen molar-refractivity contribution in [2.75, 3.05) is 20.6 Å². The van der Waals surface area contributed by atoms with E-state index in [0.29, 0.717) is 18.5 Å². The minimum atomic E-state index is -4.36.